The maximum atomic E-state index is 11.8. The number of hydrogen-bond acceptors (Lipinski definition) is 3. The third-order valence-corrected chi connectivity index (χ3v) is 2.58. The molecule has 88 valence electrons. The van der Waals surface area contributed by atoms with Crippen LogP contribution in [-0.4, -0.2) is 27.9 Å². The van der Waals surface area contributed by atoms with Crippen molar-refractivity contribution in [2.24, 2.45) is 11.3 Å². The second-order valence-electron chi connectivity index (χ2n) is 5.19. The molecule has 1 aliphatic carbocycles. The van der Waals surface area contributed by atoms with Crippen molar-refractivity contribution in [2.45, 2.75) is 39.7 Å². The highest BCUT2D eigenvalue weighted by atomic mass is 16.4. The maximum Gasteiger partial charge on any atom is 0.328 e. The lowest BCUT2D eigenvalue weighted by atomic mass is 9.85. The second-order valence-corrected chi connectivity index (χ2v) is 5.19. The third kappa shape index (κ3) is 2.51. The van der Waals surface area contributed by atoms with E-state index in [9.17, 15) is 9.59 Å². The quantitative estimate of drug-likeness (QED) is 0.577. The van der Waals surface area contributed by atoms with E-state index in [2.05, 4.69) is 0 Å². The fourth-order valence-electron chi connectivity index (χ4n) is 1.63. The number of amides is 1. The van der Waals surface area contributed by atoms with Gasteiger partial charge in [0.2, 0.25) is 5.91 Å². The Hall–Kier alpha value is -1.57. The number of carboxylic acid groups (broad SMARTS) is 1. The Labute approximate surface area is 94.7 Å². The molecule has 1 aliphatic rings. The number of aliphatic carboxylic acids is 1. The maximum absolute atomic E-state index is 11.8. The number of carbonyl (C=O) groups is 2. The zero-order valence-electron chi connectivity index (χ0n) is 9.73. The van der Waals surface area contributed by atoms with Gasteiger partial charge in [-0.2, -0.15) is 5.26 Å². The average Bonchev–Trinajstić information content (AvgIpc) is 2.92. The number of nitrogens with zero attached hydrogens (tertiary/aromatic N) is 2. The number of carbonyl (C=O) groups excluding carboxylic acids is 1. The molecule has 16 heavy (non-hydrogen) atoms. The van der Waals surface area contributed by atoms with E-state index in [1.165, 1.54) is 0 Å². The van der Waals surface area contributed by atoms with Crippen LogP contribution in [0.1, 0.15) is 33.6 Å². The van der Waals surface area contributed by atoms with E-state index in [0.29, 0.717) is 0 Å². The van der Waals surface area contributed by atoms with Gasteiger partial charge in [-0.1, -0.05) is 20.8 Å². The highest BCUT2D eigenvalue weighted by molar-refractivity contribution is 5.88. The summed E-state index contributed by atoms with van der Waals surface area (Å²) in [4.78, 5) is 23.7. The van der Waals surface area contributed by atoms with Crippen molar-refractivity contribution in [2.75, 3.05) is 0 Å². The Morgan fingerprint density at radius 2 is 1.94 bits per heavy atom. The molecule has 1 amide bonds. The predicted molar refractivity (Wildman–Crippen MR) is 56.1 cm³/mol. The fraction of sp³-hybridized carbons (Fsp3) is 0.727. The van der Waals surface area contributed by atoms with Gasteiger partial charge in [0.15, 0.2) is 6.19 Å². The summed E-state index contributed by atoms with van der Waals surface area (Å²) in [5, 5.41) is 18.1. The van der Waals surface area contributed by atoms with Crippen LogP contribution in [0.3, 0.4) is 0 Å². The van der Waals surface area contributed by atoms with Gasteiger partial charge in [0, 0.05) is 5.92 Å². The van der Waals surface area contributed by atoms with E-state index in [1.807, 2.05) is 0 Å². The van der Waals surface area contributed by atoms with Gasteiger partial charge in [-0.05, 0) is 18.3 Å². The Morgan fingerprint density at radius 3 is 2.19 bits per heavy atom. The summed E-state index contributed by atoms with van der Waals surface area (Å²) in [6, 6.07) is -1.09. The number of hydrogen-bond donors (Lipinski definition) is 1. The molecule has 0 aromatic rings. The second kappa shape index (κ2) is 4.12. The smallest absolute Gasteiger partial charge is 0.328 e. The third-order valence-electron chi connectivity index (χ3n) is 2.58. The van der Waals surface area contributed by atoms with E-state index in [-0.39, 0.29) is 11.8 Å². The Balaban J connectivity index is 2.95. The molecule has 0 saturated heterocycles. The summed E-state index contributed by atoms with van der Waals surface area (Å²) in [5.41, 5.74) is -0.661. The molecular formula is C11H16N2O3. The van der Waals surface area contributed by atoms with Crippen LogP contribution in [0.5, 0.6) is 0 Å². The molecule has 5 heteroatoms. The number of carboxylic acids is 1. The van der Waals surface area contributed by atoms with Crippen molar-refractivity contribution in [3.8, 4) is 6.19 Å². The monoisotopic (exact) mass is 224 g/mol. The Kier molecular flexibility index (Phi) is 3.22. The summed E-state index contributed by atoms with van der Waals surface area (Å²) in [6.07, 6.45) is 3.23. The molecular weight excluding hydrogens is 208 g/mol. The van der Waals surface area contributed by atoms with Crippen LogP contribution in [0.2, 0.25) is 0 Å². The van der Waals surface area contributed by atoms with Gasteiger partial charge in [0.25, 0.3) is 0 Å². The van der Waals surface area contributed by atoms with Crippen LogP contribution in [0.4, 0.5) is 0 Å². The first kappa shape index (κ1) is 12.5. The largest absolute Gasteiger partial charge is 0.480 e. The lowest BCUT2D eigenvalue weighted by molar-refractivity contribution is -0.152. The lowest BCUT2D eigenvalue weighted by Gasteiger charge is -2.32. The first-order chi connectivity index (χ1) is 7.29. The molecule has 0 radical (unpaired) electrons. The summed E-state index contributed by atoms with van der Waals surface area (Å²) in [7, 11) is 0. The average molecular weight is 224 g/mol. The first-order valence-corrected chi connectivity index (χ1v) is 5.24. The van der Waals surface area contributed by atoms with Crippen molar-refractivity contribution in [1.82, 2.24) is 4.90 Å². The molecule has 1 N–H and O–H groups in total. The van der Waals surface area contributed by atoms with Crippen LogP contribution < -0.4 is 0 Å². The molecule has 0 aromatic carbocycles. The van der Waals surface area contributed by atoms with Crippen LogP contribution in [0, 0.1) is 22.8 Å². The molecule has 1 fully saturated rings. The highest BCUT2D eigenvalue weighted by Gasteiger charge is 2.44. The summed E-state index contributed by atoms with van der Waals surface area (Å²) >= 11 is 0. The minimum absolute atomic E-state index is 0.149. The zero-order valence-corrected chi connectivity index (χ0v) is 9.73. The molecule has 0 unspecified atom stereocenters. The van der Waals surface area contributed by atoms with Crippen molar-refractivity contribution >= 4 is 11.9 Å². The summed E-state index contributed by atoms with van der Waals surface area (Å²) in [6.45, 7) is 5.11. The van der Waals surface area contributed by atoms with Crippen LogP contribution in [0.15, 0.2) is 0 Å². The van der Waals surface area contributed by atoms with Gasteiger partial charge < -0.3 is 5.11 Å². The predicted octanol–water partition coefficient (Wildman–Crippen LogP) is 1.21. The van der Waals surface area contributed by atoms with E-state index in [0.717, 1.165) is 17.7 Å². The van der Waals surface area contributed by atoms with Gasteiger partial charge in [-0.3, -0.25) is 4.79 Å². The standard InChI is InChI=1S/C11H16N2O3/c1-11(2,3)8(10(15)16)13(6-12)9(14)7-4-5-7/h7-8H,4-5H2,1-3H3,(H,15,16)/t8-/m1/s1. The molecule has 0 heterocycles. The van der Waals surface area contributed by atoms with Crippen molar-refractivity contribution in [1.29, 1.82) is 5.26 Å². The molecule has 0 spiro atoms. The molecule has 1 saturated carbocycles. The molecule has 1 atom stereocenters. The van der Waals surface area contributed by atoms with E-state index in [1.54, 1.807) is 27.0 Å². The molecule has 0 aliphatic heterocycles. The number of rotatable bonds is 3. The normalized spacial score (nSPS) is 17.4. The van der Waals surface area contributed by atoms with Crippen LogP contribution in [-0.2, 0) is 9.59 Å². The van der Waals surface area contributed by atoms with Gasteiger partial charge in [-0.25, -0.2) is 9.69 Å². The lowest BCUT2D eigenvalue weighted by Crippen LogP contribution is -2.50. The van der Waals surface area contributed by atoms with Gasteiger partial charge in [0.05, 0.1) is 0 Å². The fourth-order valence-corrected chi connectivity index (χ4v) is 1.63. The topological polar surface area (TPSA) is 81.4 Å². The summed E-state index contributed by atoms with van der Waals surface area (Å²) < 4.78 is 0. The van der Waals surface area contributed by atoms with Crippen molar-refractivity contribution < 1.29 is 14.7 Å². The van der Waals surface area contributed by atoms with E-state index >= 15 is 0 Å². The van der Waals surface area contributed by atoms with Gasteiger partial charge >= 0.3 is 5.97 Å². The zero-order chi connectivity index (χ0) is 12.5. The highest BCUT2D eigenvalue weighted by Crippen LogP contribution is 2.34. The first-order valence-electron chi connectivity index (χ1n) is 5.24. The Bertz CT molecular complexity index is 347. The Morgan fingerprint density at radius 1 is 1.44 bits per heavy atom. The van der Waals surface area contributed by atoms with Crippen molar-refractivity contribution in [3.05, 3.63) is 0 Å². The SMILES string of the molecule is CC(C)(C)[C@@H](C(=O)O)N(C#N)C(=O)C1CC1. The van der Waals surface area contributed by atoms with Gasteiger partial charge in [0.1, 0.15) is 6.04 Å². The minimum atomic E-state index is -1.14. The van der Waals surface area contributed by atoms with E-state index in [4.69, 9.17) is 10.4 Å². The van der Waals surface area contributed by atoms with Crippen molar-refractivity contribution in [3.63, 3.8) is 0 Å². The molecule has 0 aromatic heterocycles. The summed E-state index contributed by atoms with van der Waals surface area (Å²) in [5.74, 6) is -1.64. The molecule has 0 bridgehead atoms. The molecule has 5 nitrogen and oxygen atoms in total. The van der Waals surface area contributed by atoms with Gasteiger partial charge in [-0.15, -0.1) is 0 Å². The van der Waals surface area contributed by atoms with Crippen LogP contribution >= 0.6 is 0 Å². The van der Waals surface area contributed by atoms with E-state index < -0.39 is 17.4 Å². The number of nitriles is 1. The molecule has 1 rings (SSSR count). The van der Waals surface area contributed by atoms with Crippen LogP contribution in [0.25, 0.3) is 0 Å². The minimum Gasteiger partial charge on any atom is -0.480 e.